The number of rotatable bonds is 3. The third-order valence-corrected chi connectivity index (χ3v) is 3.96. The zero-order chi connectivity index (χ0) is 15.0. The zero-order valence-corrected chi connectivity index (χ0v) is 12.3. The quantitative estimate of drug-likeness (QED) is 0.937. The second-order valence-corrected chi connectivity index (χ2v) is 5.50. The van der Waals surface area contributed by atoms with Crippen molar-refractivity contribution in [1.29, 1.82) is 0 Å². The number of nitrogens with zero attached hydrogens (tertiary/aromatic N) is 1. The lowest BCUT2D eigenvalue weighted by atomic mass is 10.1. The second-order valence-electron chi connectivity index (χ2n) is 5.06. The van der Waals surface area contributed by atoms with Crippen LogP contribution in [0.3, 0.4) is 0 Å². The van der Waals surface area contributed by atoms with Gasteiger partial charge in [0.05, 0.1) is 7.11 Å². The van der Waals surface area contributed by atoms with E-state index in [2.05, 4.69) is 0 Å². The summed E-state index contributed by atoms with van der Waals surface area (Å²) in [4.78, 5) is 2.03. The fraction of sp³-hybridized carbons (Fsp3) is 0.250. The van der Waals surface area contributed by atoms with Crippen LogP contribution in [0, 0.1) is 5.82 Å². The number of hydrogen-bond acceptors (Lipinski definition) is 3. The van der Waals surface area contributed by atoms with Crippen molar-refractivity contribution in [3.63, 3.8) is 0 Å². The maximum absolute atomic E-state index is 13.4. The van der Waals surface area contributed by atoms with E-state index < -0.39 is 0 Å². The molecule has 0 bridgehead atoms. The molecule has 21 heavy (non-hydrogen) atoms. The van der Waals surface area contributed by atoms with Gasteiger partial charge in [0.2, 0.25) is 0 Å². The van der Waals surface area contributed by atoms with E-state index in [1.165, 1.54) is 19.2 Å². The minimum atomic E-state index is -0.256. The lowest BCUT2D eigenvalue weighted by Gasteiger charge is -2.21. The van der Waals surface area contributed by atoms with Crippen molar-refractivity contribution in [3.05, 3.63) is 52.3 Å². The summed E-state index contributed by atoms with van der Waals surface area (Å²) < 4.78 is 18.5. The molecule has 1 heterocycles. The number of hydrogen-bond donors (Lipinski definition) is 1. The van der Waals surface area contributed by atoms with Gasteiger partial charge < -0.3 is 14.7 Å². The average molecular weight is 308 g/mol. The van der Waals surface area contributed by atoms with Crippen LogP contribution < -0.4 is 9.64 Å². The molecule has 0 amide bonds. The molecule has 0 unspecified atom stereocenters. The molecule has 2 aromatic rings. The number of anilines is 1. The fourth-order valence-corrected chi connectivity index (χ4v) is 2.92. The molecule has 110 valence electrons. The highest BCUT2D eigenvalue weighted by Gasteiger charge is 2.21. The van der Waals surface area contributed by atoms with Crippen LogP contribution >= 0.6 is 11.6 Å². The molecule has 2 aromatic carbocycles. The molecule has 1 N–H and O–H groups in total. The number of aromatic hydroxyl groups is 1. The Balaban J connectivity index is 1.93. The Morgan fingerprint density at radius 2 is 2.14 bits per heavy atom. The molecule has 0 aromatic heterocycles. The molecule has 0 radical (unpaired) electrons. The predicted molar refractivity (Wildman–Crippen MR) is 80.8 cm³/mol. The molecule has 0 spiro atoms. The first-order valence-electron chi connectivity index (χ1n) is 6.67. The summed E-state index contributed by atoms with van der Waals surface area (Å²) in [5.74, 6) is 0.163. The molecular formula is C16H15ClFNO2. The van der Waals surface area contributed by atoms with Crippen molar-refractivity contribution in [2.24, 2.45) is 0 Å². The second kappa shape index (κ2) is 5.45. The predicted octanol–water partition coefficient (Wildman–Crippen LogP) is 3.76. The molecule has 1 aliphatic heterocycles. The highest BCUT2D eigenvalue weighted by molar-refractivity contribution is 6.30. The van der Waals surface area contributed by atoms with Crippen LogP contribution in [0.25, 0.3) is 0 Å². The summed E-state index contributed by atoms with van der Waals surface area (Å²) in [5, 5.41) is 10.7. The standard InChI is InChI=1S/C16H15ClFNO2/c1-21-15-7-12(17)6-11(16(15)20)9-19-5-4-10-2-3-13(18)8-14(10)19/h2-3,6-8,20H,4-5,9H2,1H3. The van der Waals surface area contributed by atoms with Gasteiger partial charge in [0.15, 0.2) is 11.5 Å². The summed E-state index contributed by atoms with van der Waals surface area (Å²) in [5.41, 5.74) is 2.65. The van der Waals surface area contributed by atoms with Gasteiger partial charge in [-0.25, -0.2) is 4.39 Å². The average Bonchev–Trinajstić information content (AvgIpc) is 2.85. The Bertz CT molecular complexity index is 690. The lowest BCUT2D eigenvalue weighted by Crippen LogP contribution is -2.19. The Morgan fingerprint density at radius 3 is 2.90 bits per heavy atom. The van der Waals surface area contributed by atoms with Crippen molar-refractivity contribution < 1.29 is 14.2 Å². The first-order valence-corrected chi connectivity index (χ1v) is 7.05. The van der Waals surface area contributed by atoms with E-state index >= 15 is 0 Å². The monoisotopic (exact) mass is 307 g/mol. The third-order valence-electron chi connectivity index (χ3n) is 3.74. The molecular weight excluding hydrogens is 293 g/mol. The largest absolute Gasteiger partial charge is 0.504 e. The Kier molecular flexibility index (Phi) is 3.64. The normalized spacial score (nSPS) is 13.4. The SMILES string of the molecule is COc1cc(Cl)cc(CN2CCc3ccc(F)cc32)c1O. The number of benzene rings is 2. The van der Waals surface area contributed by atoms with Crippen molar-refractivity contribution in [2.75, 3.05) is 18.6 Å². The molecule has 1 aliphatic rings. The van der Waals surface area contributed by atoms with Crippen LogP contribution in [0.2, 0.25) is 5.02 Å². The number of phenols is 1. The minimum absolute atomic E-state index is 0.0757. The van der Waals surface area contributed by atoms with Crippen molar-refractivity contribution in [2.45, 2.75) is 13.0 Å². The molecule has 0 saturated carbocycles. The van der Waals surface area contributed by atoms with Crippen molar-refractivity contribution in [3.8, 4) is 11.5 Å². The number of phenolic OH excluding ortho intramolecular Hbond substituents is 1. The van der Waals surface area contributed by atoms with E-state index in [9.17, 15) is 9.50 Å². The number of ether oxygens (including phenoxy) is 1. The topological polar surface area (TPSA) is 32.7 Å². The molecule has 0 aliphatic carbocycles. The van der Waals surface area contributed by atoms with Crippen molar-refractivity contribution in [1.82, 2.24) is 0 Å². The van der Waals surface area contributed by atoms with Gasteiger partial charge in [-0.3, -0.25) is 0 Å². The van der Waals surface area contributed by atoms with E-state index in [4.69, 9.17) is 16.3 Å². The van der Waals surface area contributed by atoms with Gasteiger partial charge >= 0.3 is 0 Å². The van der Waals surface area contributed by atoms with E-state index in [0.717, 1.165) is 24.2 Å². The molecule has 3 rings (SSSR count). The molecule has 5 heteroatoms. The molecule has 0 fully saturated rings. The van der Waals surface area contributed by atoms with Crippen LogP contribution in [0.4, 0.5) is 10.1 Å². The van der Waals surface area contributed by atoms with Gasteiger partial charge in [-0.1, -0.05) is 17.7 Å². The molecule has 0 atom stereocenters. The maximum Gasteiger partial charge on any atom is 0.162 e. The van der Waals surface area contributed by atoms with E-state index in [-0.39, 0.29) is 11.6 Å². The highest BCUT2D eigenvalue weighted by Crippen LogP contribution is 2.36. The Morgan fingerprint density at radius 1 is 1.33 bits per heavy atom. The van der Waals surface area contributed by atoms with Crippen LogP contribution in [0.1, 0.15) is 11.1 Å². The van der Waals surface area contributed by atoms with Crippen LogP contribution in [0.15, 0.2) is 30.3 Å². The smallest absolute Gasteiger partial charge is 0.162 e. The summed E-state index contributed by atoms with van der Waals surface area (Å²) in [6, 6.07) is 8.08. The minimum Gasteiger partial charge on any atom is -0.504 e. The number of fused-ring (bicyclic) bond motifs is 1. The van der Waals surface area contributed by atoms with E-state index in [0.29, 0.717) is 22.9 Å². The number of halogens is 2. The van der Waals surface area contributed by atoms with Crippen LogP contribution in [-0.4, -0.2) is 18.8 Å². The van der Waals surface area contributed by atoms with Crippen LogP contribution in [0.5, 0.6) is 11.5 Å². The van der Waals surface area contributed by atoms with Crippen LogP contribution in [-0.2, 0) is 13.0 Å². The highest BCUT2D eigenvalue weighted by atomic mass is 35.5. The van der Waals surface area contributed by atoms with Gasteiger partial charge in [0.25, 0.3) is 0 Å². The summed E-state index contributed by atoms with van der Waals surface area (Å²) in [6.45, 7) is 1.24. The van der Waals surface area contributed by atoms with Gasteiger partial charge in [0, 0.05) is 35.4 Å². The summed E-state index contributed by atoms with van der Waals surface area (Å²) in [6.07, 6.45) is 0.869. The lowest BCUT2D eigenvalue weighted by molar-refractivity contribution is 0.370. The zero-order valence-electron chi connectivity index (χ0n) is 11.6. The number of methoxy groups -OCH3 is 1. The summed E-state index contributed by atoms with van der Waals surface area (Å²) in [7, 11) is 1.48. The first kappa shape index (κ1) is 14.0. The molecule has 3 nitrogen and oxygen atoms in total. The Labute approximate surface area is 127 Å². The van der Waals surface area contributed by atoms with Crippen molar-refractivity contribution >= 4 is 17.3 Å². The third kappa shape index (κ3) is 2.63. The van der Waals surface area contributed by atoms with E-state index in [1.807, 2.05) is 11.0 Å². The molecule has 0 saturated heterocycles. The van der Waals surface area contributed by atoms with Gasteiger partial charge in [0.1, 0.15) is 5.82 Å². The Hall–Kier alpha value is -1.94. The first-order chi connectivity index (χ1) is 10.1. The van der Waals surface area contributed by atoms with Gasteiger partial charge in [-0.2, -0.15) is 0 Å². The van der Waals surface area contributed by atoms with Gasteiger partial charge in [-0.05, 0) is 30.2 Å². The maximum atomic E-state index is 13.4. The fourth-order valence-electron chi connectivity index (χ4n) is 2.69. The van der Waals surface area contributed by atoms with Gasteiger partial charge in [-0.15, -0.1) is 0 Å². The van der Waals surface area contributed by atoms with E-state index in [1.54, 1.807) is 12.1 Å². The summed E-state index contributed by atoms with van der Waals surface area (Å²) >= 11 is 6.04.